The van der Waals surface area contributed by atoms with Gasteiger partial charge < -0.3 is 9.90 Å². The smallest absolute Gasteiger partial charge is 0.0715 e. The number of nitrogens with zero attached hydrogens (tertiary/aromatic N) is 1. The van der Waals surface area contributed by atoms with Gasteiger partial charge in [-0.3, -0.25) is 5.43 Å². The largest absolute Gasteiger partial charge is 0.545 e. The minimum atomic E-state index is -1.19. The second-order valence-electron chi connectivity index (χ2n) is 4.09. The predicted molar refractivity (Wildman–Crippen MR) is 73.2 cm³/mol. The summed E-state index contributed by atoms with van der Waals surface area (Å²) in [6.45, 7) is 2.01. The highest BCUT2D eigenvalue weighted by molar-refractivity contribution is 5.86. The number of nitrogens with one attached hydrogen (secondary N) is 1. The van der Waals surface area contributed by atoms with E-state index in [-0.39, 0.29) is 5.56 Å². The summed E-state index contributed by atoms with van der Waals surface area (Å²) in [4.78, 5) is 10.6. The molecule has 4 nitrogen and oxygen atoms in total. The van der Waals surface area contributed by atoms with Crippen molar-refractivity contribution in [3.8, 4) is 0 Å². The second-order valence-corrected chi connectivity index (χ2v) is 4.09. The van der Waals surface area contributed by atoms with Crippen LogP contribution in [-0.2, 0) is 0 Å². The van der Waals surface area contributed by atoms with Gasteiger partial charge in [0.05, 0.1) is 17.9 Å². The van der Waals surface area contributed by atoms with Gasteiger partial charge in [-0.1, -0.05) is 36.4 Å². The molecule has 0 saturated carbocycles. The molecule has 0 saturated heterocycles. The standard InChI is InChI=1S/C15H14N2O2/c1-11-4-2-3-5-13(11)10-16-17-14-8-6-12(7-9-14)15(18)19/h2-10,17H,1H3,(H,18,19)/p-1/b16-10-. The monoisotopic (exact) mass is 253 g/mol. The van der Waals surface area contributed by atoms with E-state index in [1.54, 1.807) is 18.3 Å². The topological polar surface area (TPSA) is 64.5 Å². The van der Waals surface area contributed by atoms with Crippen LogP contribution in [-0.4, -0.2) is 12.2 Å². The number of carbonyl (C=O) groups is 1. The number of hydrogen-bond acceptors (Lipinski definition) is 4. The summed E-state index contributed by atoms with van der Waals surface area (Å²) in [6.07, 6.45) is 1.72. The Labute approximate surface area is 111 Å². The molecule has 0 amide bonds. The summed E-state index contributed by atoms with van der Waals surface area (Å²) >= 11 is 0. The van der Waals surface area contributed by atoms with Crippen LogP contribution in [0.15, 0.2) is 53.6 Å². The van der Waals surface area contributed by atoms with Crippen molar-refractivity contribution in [1.82, 2.24) is 0 Å². The maximum absolute atomic E-state index is 10.6. The quantitative estimate of drug-likeness (QED) is 0.667. The molecule has 0 heterocycles. The van der Waals surface area contributed by atoms with Gasteiger partial charge in [0.25, 0.3) is 0 Å². The first-order valence-electron chi connectivity index (χ1n) is 5.83. The Bertz CT molecular complexity index is 604. The van der Waals surface area contributed by atoms with Gasteiger partial charge in [-0.15, -0.1) is 0 Å². The van der Waals surface area contributed by atoms with Crippen LogP contribution in [0, 0.1) is 6.92 Å². The predicted octanol–water partition coefficient (Wildman–Crippen LogP) is 1.80. The second kappa shape index (κ2) is 5.82. The first kappa shape index (κ1) is 12.8. The van der Waals surface area contributed by atoms with E-state index in [0.717, 1.165) is 16.8 Å². The molecular formula is C15H13N2O2-. The fourth-order valence-electron chi connectivity index (χ4n) is 1.59. The van der Waals surface area contributed by atoms with Gasteiger partial charge in [0, 0.05) is 0 Å². The summed E-state index contributed by atoms with van der Waals surface area (Å²) in [5.74, 6) is -1.19. The average molecular weight is 253 g/mol. The SMILES string of the molecule is Cc1ccccc1/C=N\Nc1ccc(C(=O)[O-])cc1. The number of hydrazone groups is 1. The third kappa shape index (κ3) is 3.42. The molecule has 1 N–H and O–H groups in total. The van der Waals surface area contributed by atoms with E-state index in [0.29, 0.717) is 0 Å². The van der Waals surface area contributed by atoms with Gasteiger partial charge >= 0.3 is 0 Å². The maximum atomic E-state index is 10.6. The molecule has 2 aromatic carbocycles. The molecule has 0 atom stereocenters. The van der Waals surface area contributed by atoms with E-state index < -0.39 is 5.97 Å². The lowest BCUT2D eigenvalue weighted by Crippen LogP contribution is -2.21. The van der Waals surface area contributed by atoms with Crippen LogP contribution in [0.3, 0.4) is 0 Å². The number of benzene rings is 2. The zero-order valence-electron chi connectivity index (χ0n) is 10.5. The van der Waals surface area contributed by atoms with Crippen molar-refractivity contribution in [2.24, 2.45) is 5.10 Å². The summed E-state index contributed by atoms with van der Waals surface area (Å²) in [6, 6.07) is 14.1. The lowest BCUT2D eigenvalue weighted by molar-refractivity contribution is -0.255. The maximum Gasteiger partial charge on any atom is 0.0715 e. The zero-order chi connectivity index (χ0) is 13.7. The van der Waals surface area contributed by atoms with Gasteiger partial charge in [-0.2, -0.15) is 5.10 Å². The molecule has 0 fully saturated rings. The summed E-state index contributed by atoms with van der Waals surface area (Å²) in [7, 11) is 0. The van der Waals surface area contributed by atoms with Crippen molar-refractivity contribution >= 4 is 17.9 Å². The molecule has 96 valence electrons. The van der Waals surface area contributed by atoms with Crippen LogP contribution >= 0.6 is 0 Å². The molecule has 0 aliphatic carbocycles. The van der Waals surface area contributed by atoms with E-state index in [2.05, 4.69) is 10.5 Å². The summed E-state index contributed by atoms with van der Waals surface area (Å²) < 4.78 is 0. The van der Waals surface area contributed by atoms with Crippen LogP contribution in [0.1, 0.15) is 21.5 Å². The van der Waals surface area contributed by atoms with E-state index in [1.165, 1.54) is 12.1 Å². The highest BCUT2D eigenvalue weighted by atomic mass is 16.4. The molecule has 0 radical (unpaired) electrons. The van der Waals surface area contributed by atoms with Crippen LogP contribution in [0.25, 0.3) is 0 Å². The number of hydrogen-bond donors (Lipinski definition) is 1. The van der Waals surface area contributed by atoms with Crippen LogP contribution < -0.4 is 10.5 Å². The fraction of sp³-hybridized carbons (Fsp3) is 0.0667. The van der Waals surface area contributed by atoms with Gasteiger partial charge in [-0.25, -0.2) is 0 Å². The zero-order valence-corrected chi connectivity index (χ0v) is 10.5. The Hall–Kier alpha value is -2.62. The molecule has 2 aromatic rings. The molecule has 2 rings (SSSR count). The van der Waals surface area contributed by atoms with E-state index in [9.17, 15) is 9.90 Å². The molecule has 0 unspecified atom stereocenters. The third-order valence-electron chi connectivity index (χ3n) is 2.71. The molecular weight excluding hydrogens is 240 g/mol. The minimum absolute atomic E-state index is 0.147. The lowest BCUT2D eigenvalue weighted by atomic mass is 10.1. The van der Waals surface area contributed by atoms with Gasteiger partial charge in [0.2, 0.25) is 0 Å². The van der Waals surface area contributed by atoms with Crippen LogP contribution in [0.2, 0.25) is 0 Å². The van der Waals surface area contributed by atoms with Crippen molar-refractivity contribution in [3.05, 3.63) is 65.2 Å². The number of aryl methyl sites for hydroxylation is 1. The molecule has 0 bridgehead atoms. The Kier molecular flexibility index (Phi) is 3.93. The third-order valence-corrected chi connectivity index (χ3v) is 2.71. The van der Waals surface area contributed by atoms with Crippen molar-refractivity contribution in [3.63, 3.8) is 0 Å². The average Bonchev–Trinajstić information content (AvgIpc) is 2.41. The van der Waals surface area contributed by atoms with Crippen molar-refractivity contribution < 1.29 is 9.90 Å². The fourth-order valence-corrected chi connectivity index (χ4v) is 1.59. The number of carboxylic acid groups (broad SMARTS) is 1. The Morgan fingerprint density at radius 1 is 1.16 bits per heavy atom. The molecule has 19 heavy (non-hydrogen) atoms. The van der Waals surface area contributed by atoms with E-state index in [1.807, 2.05) is 31.2 Å². The van der Waals surface area contributed by atoms with E-state index >= 15 is 0 Å². The summed E-state index contributed by atoms with van der Waals surface area (Å²) in [5.41, 5.74) is 5.87. The number of rotatable bonds is 4. The first-order chi connectivity index (χ1) is 9.16. The molecule has 0 aliphatic rings. The Morgan fingerprint density at radius 2 is 1.84 bits per heavy atom. The Morgan fingerprint density at radius 3 is 2.47 bits per heavy atom. The highest BCUT2D eigenvalue weighted by Gasteiger charge is 1.94. The minimum Gasteiger partial charge on any atom is -0.545 e. The van der Waals surface area contributed by atoms with Crippen molar-refractivity contribution in [2.75, 3.05) is 5.43 Å². The summed E-state index contributed by atoms with van der Waals surface area (Å²) in [5, 5.41) is 14.7. The van der Waals surface area contributed by atoms with Gasteiger partial charge in [-0.05, 0) is 35.7 Å². The first-order valence-corrected chi connectivity index (χ1v) is 5.83. The molecule has 0 aromatic heterocycles. The van der Waals surface area contributed by atoms with E-state index in [4.69, 9.17) is 0 Å². The van der Waals surface area contributed by atoms with Crippen molar-refractivity contribution in [1.29, 1.82) is 0 Å². The van der Waals surface area contributed by atoms with Crippen LogP contribution in [0.4, 0.5) is 5.69 Å². The lowest BCUT2D eigenvalue weighted by Gasteiger charge is -2.04. The molecule has 0 spiro atoms. The molecule has 4 heteroatoms. The van der Waals surface area contributed by atoms with Crippen LogP contribution in [0.5, 0.6) is 0 Å². The Balaban J connectivity index is 2.03. The number of carbonyl (C=O) groups excluding carboxylic acids is 1. The van der Waals surface area contributed by atoms with Gasteiger partial charge in [0.1, 0.15) is 0 Å². The van der Waals surface area contributed by atoms with Crippen molar-refractivity contribution in [2.45, 2.75) is 6.92 Å². The van der Waals surface area contributed by atoms with Gasteiger partial charge in [0.15, 0.2) is 0 Å². The highest BCUT2D eigenvalue weighted by Crippen LogP contribution is 2.09. The number of aromatic carboxylic acids is 1. The molecule has 0 aliphatic heterocycles. The number of anilines is 1. The normalized spacial score (nSPS) is 10.6. The number of carboxylic acids is 1.